The Morgan fingerprint density at radius 3 is 1.94 bits per heavy atom. The molecule has 0 aliphatic carbocycles. The van der Waals surface area contributed by atoms with Gasteiger partial charge in [0.25, 0.3) is 17.7 Å². The van der Waals surface area contributed by atoms with Gasteiger partial charge in [0.05, 0.1) is 22.4 Å². The maximum Gasteiger partial charge on any atom is 0.266 e. The Morgan fingerprint density at radius 1 is 0.875 bits per heavy atom. The second-order valence-corrected chi connectivity index (χ2v) is 7.66. The van der Waals surface area contributed by atoms with Crippen LogP contribution in [0.15, 0.2) is 60.7 Å². The summed E-state index contributed by atoms with van der Waals surface area (Å²) in [6, 6.07) is 16.7. The molecule has 0 unspecified atom stereocenters. The lowest BCUT2D eigenvalue weighted by atomic mass is 9.99. The normalized spacial score (nSPS) is 12.5. The largest absolute Gasteiger partial charge is 0.457 e. The number of nitrogens with zero attached hydrogens (tertiary/aromatic N) is 2. The van der Waals surface area contributed by atoms with E-state index in [1.807, 2.05) is 31.2 Å². The number of fused-ring (bicyclic) bond motifs is 1. The van der Waals surface area contributed by atoms with Crippen molar-refractivity contribution in [1.82, 2.24) is 4.90 Å². The lowest BCUT2D eigenvalue weighted by molar-refractivity contribution is 0.0823. The van der Waals surface area contributed by atoms with Crippen LogP contribution in [0.1, 0.15) is 47.0 Å². The van der Waals surface area contributed by atoms with Gasteiger partial charge in [-0.05, 0) is 55.5 Å². The van der Waals surface area contributed by atoms with Gasteiger partial charge in [0.2, 0.25) is 0 Å². The zero-order chi connectivity index (χ0) is 23.0. The fourth-order valence-corrected chi connectivity index (χ4v) is 3.47. The number of imide groups is 1. The molecule has 0 N–H and O–H groups in total. The highest BCUT2D eigenvalue weighted by Gasteiger charge is 2.38. The monoisotopic (exact) mass is 428 g/mol. The molecule has 3 aromatic carbocycles. The van der Waals surface area contributed by atoms with Gasteiger partial charge in [-0.1, -0.05) is 17.7 Å². The minimum absolute atomic E-state index is 0.0623. The number of aryl methyl sites for hydroxylation is 1. The molecule has 0 spiro atoms. The van der Waals surface area contributed by atoms with Crippen LogP contribution < -0.4 is 9.64 Å². The van der Waals surface area contributed by atoms with Crippen molar-refractivity contribution >= 4 is 29.7 Å². The molecule has 0 bridgehead atoms. The molecular formula is C25H20N2O5. The first-order valence-corrected chi connectivity index (χ1v) is 9.88. The molecule has 0 fully saturated rings. The van der Waals surface area contributed by atoms with Gasteiger partial charge >= 0.3 is 0 Å². The predicted octanol–water partition coefficient (Wildman–Crippen LogP) is 4.10. The summed E-state index contributed by atoms with van der Waals surface area (Å²) in [6.45, 7) is 1.98. The van der Waals surface area contributed by atoms with Crippen molar-refractivity contribution in [2.75, 3.05) is 19.0 Å². The SMILES string of the molecule is Cc1ccc(Oc2ccc(N3C(=O)c4cc(C=O)c(C(=O)N(C)C)cc4C3=O)cc2)cc1. The van der Waals surface area contributed by atoms with Crippen LogP contribution in [0.3, 0.4) is 0 Å². The number of aldehydes is 1. The quantitative estimate of drug-likeness (QED) is 0.451. The van der Waals surface area contributed by atoms with Crippen molar-refractivity contribution < 1.29 is 23.9 Å². The van der Waals surface area contributed by atoms with Gasteiger partial charge in [0.1, 0.15) is 11.5 Å². The van der Waals surface area contributed by atoms with Gasteiger partial charge in [0, 0.05) is 19.7 Å². The third-order valence-electron chi connectivity index (χ3n) is 5.17. The highest BCUT2D eigenvalue weighted by atomic mass is 16.5. The van der Waals surface area contributed by atoms with Gasteiger partial charge in [-0.3, -0.25) is 19.2 Å². The highest BCUT2D eigenvalue weighted by Crippen LogP contribution is 2.32. The summed E-state index contributed by atoms with van der Waals surface area (Å²) in [7, 11) is 3.09. The predicted molar refractivity (Wildman–Crippen MR) is 119 cm³/mol. The van der Waals surface area contributed by atoms with Crippen molar-refractivity contribution in [2.45, 2.75) is 6.92 Å². The molecule has 0 saturated carbocycles. The number of hydrogen-bond acceptors (Lipinski definition) is 5. The molecular weight excluding hydrogens is 408 g/mol. The zero-order valence-corrected chi connectivity index (χ0v) is 17.8. The van der Waals surface area contributed by atoms with E-state index in [0.29, 0.717) is 23.5 Å². The van der Waals surface area contributed by atoms with Gasteiger partial charge in [-0.15, -0.1) is 0 Å². The third kappa shape index (κ3) is 3.65. The summed E-state index contributed by atoms with van der Waals surface area (Å²) in [5, 5.41) is 0. The molecule has 1 aliphatic rings. The van der Waals surface area contributed by atoms with Crippen molar-refractivity contribution in [3.05, 3.63) is 88.5 Å². The van der Waals surface area contributed by atoms with E-state index in [1.165, 1.54) is 17.0 Å². The molecule has 0 radical (unpaired) electrons. The molecule has 7 nitrogen and oxygen atoms in total. The molecule has 0 aromatic heterocycles. The first kappa shape index (κ1) is 21.0. The maximum atomic E-state index is 13.0. The second-order valence-electron chi connectivity index (χ2n) is 7.66. The molecule has 1 aliphatic heterocycles. The summed E-state index contributed by atoms with van der Waals surface area (Å²) >= 11 is 0. The fraction of sp³-hybridized carbons (Fsp3) is 0.120. The number of amides is 3. The Hall–Kier alpha value is -4.26. The minimum atomic E-state index is -0.553. The summed E-state index contributed by atoms with van der Waals surface area (Å²) in [5.74, 6) is -0.308. The number of hydrogen-bond donors (Lipinski definition) is 0. The van der Waals surface area contributed by atoms with Crippen LogP contribution in [0.4, 0.5) is 5.69 Å². The van der Waals surface area contributed by atoms with E-state index in [0.717, 1.165) is 10.5 Å². The summed E-state index contributed by atoms with van der Waals surface area (Å²) in [4.78, 5) is 52.2. The molecule has 3 aromatic rings. The second kappa shape index (κ2) is 8.11. The van der Waals surface area contributed by atoms with E-state index in [9.17, 15) is 19.2 Å². The Bertz CT molecular complexity index is 1240. The third-order valence-corrected chi connectivity index (χ3v) is 5.17. The Balaban J connectivity index is 1.63. The van der Waals surface area contributed by atoms with Crippen LogP contribution >= 0.6 is 0 Å². The van der Waals surface area contributed by atoms with E-state index in [2.05, 4.69) is 0 Å². The first-order valence-electron chi connectivity index (χ1n) is 9.88. The average Bonchev–Trinajstić information content (AvgIpc) is 3.03. The molecule has 160 valence electrons. The van der Waals surface area contributed by atoms with Gasteiger partial charge in [-0.2, -0.15) is 0 Å². The number of carbonyl (C=O) groups excluding carboxylic acids is 4. The number of anilines is 1. The van der Waals surface area contributed by atoms with E-state index < -0.39 is 17.7 Å². The summed E-state index contributed by atoms with van der Waals surface area (Å²) in [5.41, 5.74) is 1.80. The van der Waals surface area contributed by atoms with Crippen molar-refractivity contribution in [1.29, 1.82) is 0 Å². The van der Waals surface area contributed by atoms with Gasteiger partial charge in [0.15, 0.2) is 6.29 Å². The summed E-state index contributed by atoms with van der Waals surface area (Å²) < 4.78 is 5.79. The van der Waals surface area contributed by atoms with Crippen molar-refractivity contribution in [3.63, 3.8) is 0 Å². The van der Waals surface area contributed by atoms with Crippen LogP contribution in [-0.2, 0) is 0 Å². The van der Waals surface area contributed by atoms with E-state index in [4.69, 9.17) is 4.74 Å². The average molecular weight is 428 g/mol. The number of benzene rings is 3. The molecule has 4 rings (SSSR count). The molecule has 3 amide bonds. The van der Waals surface area contributed by atoms with Crippen LogP contribution in [0, 0.1) is 6.92 Å². The highest BCUT2D eigenvalue weighted by molar-refractivity contribution is 6.35. The zero-order valence-electron chi connectivity index (χ0n) is 17.8. The maximum absolute atomic E-state index is 13.0. The fourth-order valence-electron chi connectivity index (χ4n) is 3.47. The van der Waals surface area contributed by atoms with Crippen molar-refractivity contribution in [3.8, 4) is 11.5 Å². The van der Waals surface area contributed by atoms with E-state index >= 15 is 0 Å². The smallest absolute Gasteiger partial charge is 0.266 e. The number of carbonyl (C=O) groups is 4. The van der Waals surface area contributed by atoms with Crippen LogP contribution in [0.5, 0.6) is 11.5 Å². The molecule has 0 saturated heterocycles. The van der Waals surface area contributed by atoms with E-state index in [1.54, 1.807) is 38.4 Å². The molecule has 32 heavy (non-hydrogen) atoms. The van der Waals surface area contributed by atoms with Crippen molar-refractivity contribution in [2.24, 2.45) is 0 Å². The molecule has 7 heteroatoms. The first-order chi connectivity index (χ1) is 15.3. The molecule has 1 heterocycles. The lowest BCUT2D eigenvalue weighted by Gasteiger charge is -2.14. The minimum Gasteiger partial charge on any atom is -0.457 e. The van der Waals surface area contributed by atoms with Crippen LogP contribution in [-0.4, -0.2) is 43.0 Å². The standard InChI is InChI=1S/C25H20N2O5/c1-15-4-8-18(9-5-15)32-19-10-6-17(7-11-19)27-24(30)21-12-16(14-28)20(23(29)26(2)3)13-22(21)25(27)31/h4-14H,1-3H3. The van der Waals surface area contributed by atoms with Crippen LogP contribution in [0.25, 0.3) is 0 Å². The lowest BCUT2D eigenvalue weighted by Crippen LogP contribution is -2.29. The Morgan fingerprint density at radius 2 is 1.41 bits per heavy atom. The Kier molecular flexibility index (Phi) is 5.32. The van der Waals surface area contributed by atoms with Crippen LogP contribution in [0.2, 0.25) is 0 Å². The van der Waals surface area contributed by atoms with E-state index in [-0.39, 0.29) is 22.3 Å². The Labute approximate surface area is 184 Å². The summed E-state index contributed by atoms with van der Waals surface area (Å²) in [6.07, 6.45) is 0.509. The number of rotatable bonds is 5. The molecule has 0 atom stereocenters. The topological polar surface area (TPSA) is 84.0 Å². The number of ether oxygens (including phenoxy) is 1. The van der Waals surface area contributed by atoms with Gasteiger partial charge in [-0.25, -0.2) is 4.90 Å². The van der Waals surface area contributed by atoms with Gasteiger partial charge < -0.3 is 9.64 Å².